The molecule has 0 atom stereocenters. The predicted molar refractivity (Wildman–Crippen MR) is 76.6 cm³/mol. The maximum atomic E-state index is 11.8. The summed E-state index contributed by atoms with van der Waals surface area (Å²) in [4.78, 5) is 11.8. The van der Waals surface area contributed by atoms with Gasteiger partial charge in [-0.3, -0.25) is 4.79 Å². The highest BCUT2D eigenvalue weighted by molar-refractivity contribution is 5.38. The van der Waals surface area contributed by atoms with Gasteiger partial charge in [-0.25, -0.2) is 4.68 Å². The number of rotatable bonds is 9. The van der Waals surface area contributed by atoms with Crippen molar-refractivity contribution in [3.8, 4) is 0 Å². The number of nitrogens with one attached hydrogen (secondary N) is 2. The highest BCUT2D eigenvalue weighted by Crippen LogP contribution is 1.98. The molecular weight excluding hydrogens is 244 g/mol. The summed E-state index contributed by atoms with van der Waals surface area (Å²) in [5, 5.41) is 10.3. The molecule has 1 aromatic heterocycles. The van der Waals surface area contributed by atoms with E-state index < -0.39 is 0 Å². The summed E-state index contributed by atoms with van der Waals surface area (Å²) in [5.74, 6) is 0.503. The zero-order valence-electron chi connectivity index (χ0n) is 12.0. The molecule has 0 aliphatic carbocycles. The molecule has 1 rings (SSSR count). The van der Waals surface area contributed by atoms with E-state index in [-0.39, 0.29) is 5.56 Å². The molecule has 1 aromatic rings. The van der Waals surface area contributed by atoms with Gasteiger partial charge >= 0.3 is 0 Å². The average Bonchev–Trinajstić information content (AvgIpc) is 2.36. The van der Waals surface area contributed by atoms with Gasteiger partial charge in [-0.05, 0) is 13.0 Å². The van der Waals surface area contributed by atoms with Gasteiger partial charge in [0, 0.05) is 25.8 Å². The highest BCUT2D eigenvalue weighted by atomic mass is 16.5. The van der Waals surface area contributed by atoms with Crippen molar-refractivity contribution in [3.05, 3.63) is 22.6 Å². The van der Waals surface area contributed by atoms with Gasteiger partial charge in [-0.15, -0.1) is 0 Å². The summed E-state index contributed by atoms with van der Waals surface area (Å²) < 4.78 is 6.86. The molecule has 0 amide bonds. The van der Waals surface area contributed by atoms with E-state index in [2.05, 4.69) is 29.6 Å². The Morgan fingerprint density at radius 1 is 1.42 bits per heavy atom. The molecule has 0 radical (unpaired) electrons. The number of hydrogen-bond acceptors (Lipinski definition) is 5. The molecule has 0 aliphatic heterocycles. The van der Waals surface area contributed by atoms with E-state index in [0.717, 1.165) is 18.8 Å². The first-order valence-electron chi connectivity index (χ1n) is 6.67. The average molecular weight is 268 g/mol. The summed E-state index contributed by atoms with van der Waals surface area (Å²) in [6.07, 6.45) is 1.67. The van der Waals surface area contributed by atoms with Crippen LogP contribution in [-0.4, -0.2) is 43.1 Å². The van der Waals surface area contributed by atoms with Crippen molar-refractivity contribution < 1.29 is 4.74 Å². The third kappa shape index (κ3) is 6.35. The fraction of sp³-hybridized carbons (Fsp3) is 0.692. The van der Waals surface area contributed by atoms with Crippen molar-refractivity contribution in [3.63, 3.8) is 0 Å². The molecule has 0 aromatic carbocycles. The Morgan fingerprint density at radius 3 is 2.84 bits per heavy atom. The summed E-state index contributed by atoms with van der Waals surface area (Å²) in [7, 11) is 1.88. The molecular formula is C13H24N4O2. The van der Waals surface area contributed by atoms with Crippen LogP contribution in [0.25, 0.3) is 0 Å². The molecule has 0 bridgehead atoms. The lowest BCUT2D eigenvalue weighted by Gasteiger charge is -2.09. The van der Waals surface area contributed by atoms with Crippen LogP contribution in [-0.2, 0) is 11.3 Å². The minimum absolute atomic E-state index is 0.109. The van der Waals surface area contributed by atoms with E-state index in [9.17, 15) is 4.79 Å². The second-order valence-electron chi connectivity index (χ2n) is 4.80. The first kappa shape index (κ1) is 15.7. The fourth-order valence-electron chi connectivity index (χ4n) is 1.50. The number of likely N-dealkylation sites (N-methyl/N-ethyl adjacent to an activating group) is 1. The van der Waals surface area contributed by atoms with Gasteiger partial charge in [0.2, 0.25) is 0 Å². The quantitative estimate of drug-likeness (QED) is 0.640. The molecule has 0 spiro atoms. The van der Waals surface area contributed by atoms with Crippen molar-refractivity contribution in [1.82, 2.24) is 15.1 Å². The van der Waals surface area contributed by atoms with E-state index >= 15 is 0 Å². The topological polar surface area (TPSA) is 68.2 Å². The Kier molecular flexibility index (Phi) is 7.14. The Balaban J connectivity index is 2.41. The molecule has 6 nitrogen and oxygen atoms in total. The lowest BCUT2D eigenvalue weighted by atomic mass is 10.2. The van der Waals surface area contributed by atoms with Gasteiger partial charge in [-0.2, -0.15) is 5.10 Å². The van der Waals surface area contributed by atoms with Crippen LogP contribution in [0.4, 0.5) is 5.69 Å². The smallest absolute Gasteiger partial charge is 0.268 e. The zero-order valence-corrected chi connectivity index (χ0v) is 12.0. The lowest BCUT2D eigenvalue weighted by Crippen LogP contribution is -2.26. The SMILES string of the molecule is CNCCNc1cnn(CCOCC(C)C)c(=O)c1. The van der Waals surface area contributed by atoms with Gasteiger partial charge in [0.25, 0.3) is 5.56 Å². The third-order valence-corrected chi connectivity index (χ3v) is 2.47. The Labute approximate surface area is 114 Å². The van der Waals surface area contributed by atoms with E-state index in [0.29, 0.717) is 25.7 Å². The van der Waals surface area contributed by atoms with Crippen LogP contribution >= 0.6 is 0 Å². The molecule has 2 N–H and O–H groups in total. The standard InChI is InChI=1S/C13H24N4O2/c1-11(2)10-19-7-6-17-13(18)8-12(9-16-17)15-5-4-14-3/h8-9,11,14-15H,4-7,10H2,1-3H3. The van der Waals surface area contributed by atoms with Crippen LogP contribution in [0.2, 0.25) is 0 Å². The van der Waals surface area contributed by atoms with Gasteiger partial charge in [0.15, 0.2) is 0 Å². The largest absolute Gasteiger partial charge is 0.382 e. The minimum atomic E-state index is -0.109. The minimum Gasteiger partial charge on any atom is -0.382 e. The first-order valence-corrected chi connectivity index (χ1v) is 6.67. The van der Waals surface area contributed by atoms with Gasteiger partial charge < -0.3 is 15.4 Å². The summed E-state index contributed by atoms with van der Waals surface area (Å²) in [5.41, 5.74) is 0.641. The number of nitrogens with zero attached hydrogens (tertiary/aromatic N) is 2. The molecule has 0 unspecified atom stereocenters. The lowest BCUT2D eigenvalue weighted by molar-refractivity contribution is 0.100. The van der Waals surface area contributed by atoms with Crippen molar-refractivity contribution in [2.24, 2.45) is 5.92 Å². The maximum Gasteiger partial charge on any atom is 0.268 e. The Bertz CT molecular complexity index is 417. The van der Waals surface area contributed by atoms with Crippen molar-refractivity contribution in [1.29, 1.82) is 0 Å². The van der Waals surface area contributed by atoms with Crippen LogP contribution in [0.15, 0.2) is 17.1 Å². The molecule has 6 heteroatoms. The fourth-order valence-corrected chi connectivity index (χ4v) is 1.50. The highest BCUT2D eigenvalue weighted by Gasteiger charge is 2.00. The van der Waals surface area contributed by atoms with Gasteiger partial charge in [0.1, 0.15) is 0 Å². The summed E-state index contributed by atoms with van der Waals surface area (Å²) >= 11 is 0. The number of aromatic nitrogens is 2. The molecule has 0 aliphatic rings. The number of hydrogen-bond donors (Lipinski definition) is 2. The summed E-state index contributed by atoms with van der Waals surface area (Å²) in [6.45, 7) is 7.50. The molecule has 108 valence electrons. The predicted octanol–water partition coefficient (Wildman–Crippen LogP) is 0.547. The number of anilines is 1. The van der Waals surface area contributed by atoms with Crippen molar-refractivity contribution >= 4 is 5.69 Å². The molecule has 0 saturated carbocycles. The third-order valence-electron chi connectivity index (χ3n) is 2.47. The second kappa shape index (κ2) is 8.66. The zero-order chi connectivity index (χ0) is 14.1. The second-order valence-corrected chi connectivity index (χ2v) is 4.80. The molecule has 0 saturated heterocycles. The Hall–Kier alpha value is -1.40. The van der Waals surface area contributed by atoms with Crippen LogP contribution in [0.5, 0.6) is 0 Å². The van der Waals surface area contributed by atoms with E-state index in [1.807, 2.05) is 7.05 Å². The van der Waals surface area contributed by atoms with Crippen LogP contribution in [0, 0.1) is 5.92 Å². The van der Waals surface area contributed by atoms with Crippen LogP contribution < -0.4 is 16.2 Å². The van der Waals surface area contributed by atoms with Gasteiger partial charge in [-0.1, -0.05) is 13.8 Å². The molecule has 1 heterocycles. The van der Waals surface area contributed by atoms with Crippen LogP contribution in [0.3, 0.4) is 0 Å². The van der Waals surface area contributed by atoms with E-state index in [4.69, 9.17) is 4.74 Å². The summed E-state index contributed by atoms with van der Waals surface area (Å²) in [6, 6.07) is 1.56. The first-order chi connectivity index (χ1) is 9.13. The number of ether oxygens (including phenoxy) is 1. The molecule has 19 heavy (non-hydrogen) atoms. The molecule has 0 fully saturated rings. The van der Waals surface area contributed by atoms with E-state index in [1.165, 1.54) is 4.68 Å². The normalized spacial score (nSPS) is 10.9. The van der Waals surface area contributed by atoms with Crippen molar-refractivity contribution in [2.45, 2.75) is 20.4 Å². The van der Waals surface area contributed by atoms with Crippen molar-refractivity contribution in [2.75, 3.05) is 38.7 Å². The van der Waals surface area contributed by atoms with Gasteiger partial charge in [0.05, 0.1) is 25.0 Å². The maximum absolute atomic E-state index is 11.8. The van der Waals surface area contributed by atoms with Crippen LogP contribution in [0.1, 0.15) is 13.8 Å². The Morgan fingerprint density at radius 2 is 2.21 bits per heavy atom. The monoisotopic (exact) mass is 268 g/mol. The van der Waals surface area contributed by atoms with E-state index in [1.54, 1.807) is 12.3 Å².